The van der Waals surface area contributed by atoms with E-state index in [1.807, 2.05) is 0 Å². The number of hydrogen-bond donors (Lipinski definition) is 2. The van der Waals surface area contributed by atoms with Crippen molar-refractivity contribution in [1.29, 1.82) is 5.26 Å². The Morgan fingerprint density at radius 1 is 1.50 bits per heavy atom. The quantitative estimate of drug-likeness (QED) is 0.793. The minimum atomic E-state index is -1.29. The molecule has 92 valence electrons. The Bertz CT molecular complexity index is 549. The largest absolute Gasteiger partial charge is 0.477 e. The van der Waals surface area contributed by atoms with Crippen LogP contribution in [0, 0.1) is 23.1 Å². The summed E-state index contributed by atoms with van der Waals surface area (Å²) in [6.07, 6.45) is -0.897. The summed E-state index contributed by atoms with van der Waals surface area (Å²) < 4.78 is 12.8. The maximum atomic E-state index is 12.8. The van der Waals surface area contributed by atoms with E-state index in [4.69, 9.17) is 16.1 Å². The molecule has 0 saturated heterocycles. The molecular formula is C11H9FN4O2. The lowest BCUT2D eigenvalue weighted by Crippen LogP contribution is -2.41. The second kappa shape index (κ2) is 4.43. The minimum Gasteiger partial charge on any atom is -0.477 e. The van der Waals surface area contributed by atoms with Gasteiger partial charge in [-0.3, -0.25) is 0 Å². The predicted molar refractivity (Wildman–Crippen MR) is 61.0 cm³/mol. The molecule has 1 aliphatic rings. The van der Waals surface area contributed by atoms with Crippen LogP contribution in [-0.2, 0) is 4.79 Å². The Hall–Kier alpha value is -2.46. The summed E-state index contributed by atoms with van der Waals surface area (Å²) in [5.41, 5.74) is 5.88. The van der Waals surface area contributed by atoms with Crippen molar-refractivity contribution < 1.29 is 14.3 Å². The van der Waals surface area contributed by atoms with Gasteiger partial charge in [-0.05, 0) is 24.3 Å². The van der Waals surface area contributed by atoms with Gasteiger partial charge in [0, 0.05) is 0 Å². The summed E-state index contributed by atoms with van der Waals surface area (Å²) in [4.78, 5) is 10.9. The van der Waals surface area contributed by atoms with Gasteiger partial charge < -0.3 is 10.8 Å². The Morgan fingerprint density at radius 3 is 2.56 bits per heavy atom. The van der Waals surface area contributed by atoms with Crippen LogP contribution in [0.15, 0.2) is 29.4 Å². The molecule has 0 amide bonds. The van der Waals surface area contributed by atoms with Crippen LogP contribution in [0.5, 0.6) is 0 Å². The number of hydrogen-bond acceptors (Lipinski definition) is 5. The van der Waals surface area contributed by atoms with Crippen molar-refractivity contribution in [3.05, 3.63) is 30.1 Å². The lowest BCUT2D eigenvalue weighted by molar-refractivity contribution is -0.129. The SMILES string of the molecule is N#CC1C(C(=O)O)=NN(c2ccc(F)cc2)C1N. The Balaban J connectivity index is 2.38. The fourth-order valence-electron chi connectivity index (χ4n) is 1.68. The topological polar surface area (TPSA) is 103 Å². The van der Waals surface area contributed by atoms with Crippen molar-refractivity contribution >= 4 is 17.4 Å². The summed E-state index contributed by atoms with van der Waals surface area (Å²) in [6.45, 7) is 0. The molecule has 1 aromatic rings. The standard InChI is InChI=1S/C11H9FN4O2/c12-6-1-3-7(4-2-6)16-10(14)8(5-13)9(15-16)11(17)18/h1-4,8,10H,14H2,(H,17,18). The van der Waals surface area contributed by atoms with E-state index in [2.05, 4.69) is 5.10 Å². The molecule has 6 nitrogen and oxygen atoms in total. The van der Waals surface area contributed by atoms with E-state index < -0.39 is 23.9 Å². The number of nitrogens with two attached hydrogens (primary N) is 1. The average Bonchev–Trinajstić information content (AvgIpc) is 2.67. The van der Waals surface area contributed by atoms with E-state index in [1.165, 1.54) is 29.3 Å². The van der Waals surface area contributed by atoms with Gasteiger partial charge in [-0.25, -0.2) is 14.2 Å². The van der Waals surface area contributed by atoms with Crippen molar-refractivity contribution in [2.24, 2.45) is 16.8 Å². The normalized spacial score (nSPS) is 22.5. The van der Waals surface area contributed by atoms with Crippen molar-refractivity contribution in [2.45, 2.75) is 6.17 Å². The third-order valence-corrected chi connectivity index (χ3v) is 2.58. The Labute approximate surface area is 102 Å². The molecule has 0 fully saturated rings. The highest BCUT2D eigenvalue weighted by Gasteiger charge is 2.39. The maximum Gasteiger partial charge on any atom is 0.353 e. The fourth-order valence-corrected chi connectivity index (χ4v) is 1.68. The molecule has 1 heterocycles. The maximum absolute atomic E-state index is 12.8. The van der Waals surface area contributed by atoms with Crippen molar-refractivity contribution in [1.82, 2.24) is 0 Å². The first-order valence-corrected chi connectivity index (χ1v) is 5.06. The molecule has 0 aliphatic carbocycles. The number of hydrazone groups is 1. The van der Waals surface area contributed by atoms with E-state index in [0.717, 1.165) is 0 Å². The summed E-state index contributed by atoms with van der Waals surface area (Å²) in [6, 6.07) is 7.05. The van der Waals surface area contributed by atoms with E-state index in [1.54, 1.807) is 6.07 Å². The molecule has 0 saturated carbocycles. The number of halogens is 1. The molecular weight excluding hydrogens is 239 g/mol. The highest BCUT2D eigenvalue weighted by atomic mass is 19.1. The second-order valence-electron chi connectivity index (χ2n) is 3.71. The van der Waals surface area contributed by atoms with E-state index >= 15 is 0 Å². The monoisotopic (exact) mass is 248 g/mol. The number of rotatable bonds is 2. The highest BCUT2D eigenvalue weighted by molar-refractivity contribution is 6.38. The third-order valence-electron chi connectivity index (χ3n) is 2.58. The molecule has 1 aromatic carbocycles. The summed E-state index contributed by atoms with van der Waals surface area (Å²) in [5.74, 6) is -2.74. The van der Waals surface area contributed by atoms with Crippen molar-refractivity contribution in [3.8, 4) is 6.07 Å². The number of benzene rings is 1. The zero-order chi connectivity index (χ0) is 13.3. The van der Waals surface area contributed by atoms with Crippen molar-refractivity contribution in [2.75, 3.05) is 5.01 Å². The number of nitrogens with zero attached hydrogens (tertiary/aromatic N) is 3. The van der Waals surface area contributed by atoms with Crippen LogP contribution in [0.1, 0.15) is 0 Å². The van der Waals surface area contributed by atoms with Gasteiger partial charge in [-0.1, -0.05) is 0 Å². The molecule has 0 spiro atoms. The molecule has 18 heavy (non-hydrogen) atoms. The second-order valence-corrected chi connectivity index (χ2v) is 3.71. The molecule has 2 atom stereocenters. The highest BCUT2D eigenvalue weighted by Crippen LogP contribution is 2.25. The molecule has 2 rings (SSSR count). The van der Waals surface area contributed by atoms with Gasteiger partial charge >= 0.3 is 5.97 Å². The molecule has 1 aliphatic heterocycles. The smallest absolute Gasteiger partial charge is 0.353 e. The van der Waals surface area contributed by atoms with Gasteiger partial charge in [-0.2, -0.15) is 10.4 Å². The summed E-state index contributed by atoms with van der Waals surface area (Å²) in [7, 11) is 0. The van der Waals surface area contributed by atoms with Crippen LogP contribution in [0.4, 0.5) is 10.1 Å². The van der Waals surface area contributed by atoms with Gasteiger partial charge in [0.25, 0.3) is 0 Å². The van der Waals surface area contributed by atoms with Crippen LogP contribution in [0.3, 0.4) is 0 Å². The van der Waals surface area contributed by atoms with Gasteiger partial charge in [0.2, 0.25) is 0 Å². The lowest BCUT2D eigenvalue weighted by Gasteiger charge is -2.20. The van der Waals surface area contributed by atoms with E-state index in [9.17, 15) is 9.18 Å². The number of nitriles is 1. The number of carboxylic acid groups (broad SMARTS) is 1. The first-order chi connectivity index (χ1) is 8.54. The zero-order valence-corrected chi connectivity index (χ0v) is 9.12. The van der Waals surface area contributed by atoms with Crippen LogP contribution in [0.25, 0.3) is 0 Å². The number of carboxylic acids is 1. The van der Waals surface area contributed by atoms with Gasteiger partial charge in [0.1, 0.15) is 17.9 Å². The van der Waals surface area contributed by atoms with Gasteiger partial charge in [0.05, 0.1) is 11.8 Å². The van der Waals surface area contributed by atoms with Crippen LogP contribution in [0.2, 0.25) is 0 Å². The first-order valence-electron chi connectivity index (χ1n) is 5.06. The van der Waals surface area contributed by atoms with Crippen molar-refractivity contribution in [3.63, 3.8) is 0 Å². The number of anilines is 1. The number of aliphatic carboxylic acids is 1. The Morgan fingerprint density at radius 2 is 2.11 bits per heavy atom. The van der Waals surface area contributed by atoms with Crippen LogP contribution in [-0.4, -0.2) is 23.0 Å². The average molecular weight is 248 g/mol. The zero-order valence-electron chi connectivity index (χ0n) is 9.12. The third kappa shape index (κ3) is 1.89. The number of carbonyl (C=O) groups is 1. The summed E-state index contributed by atoms with van der Waals surface area (Å²) >= 11 is 0. The molecule has 0 bridgehead atoms. The van der Waals surface area contributed by atoms with Gasteiger partial charge in [-0.15, -0.1) is 0 Å². The molecule has 2 unspecified atom stereocenters. The molecule has 0 aromatic heterocycles. The van der Waals surface area contributed by atoms with E-state index in [-0.39, 0.29) is 5.71 Å². The molecule has 0 radical (unpaired) electrons. The van der Waals surface area contributed by atoms with Crippen LogP contribution < -0.4 is 10.7 Å². The predicted octanol–water partition coefficient (Wildman–Crippen LogP) is 0.511. The van der Waals surface area contributed by atoms with Gasteiger partial charge in [0.15, 0.2) is 5.71 Å². The summed E-state index contributed by atoms with van der Waals surface area (Å²) in [5, 5.41) is 22.8. The first kappa shape index (κ1) is 12.0. The lowest BCUT2D eigenvalue weighted by atomic mass is 10.0. The molecule has 3 N–H and O–H groups in total. The fraction of sp³-hybridized carbons (Fsp3) is 0.182. The van der Waals surface area contributed by atoms with E-state index in [0.29, 0.717) is 5.69 Å². The Kier molecular flexibility index (Phi) is 2.95. The molecule has 7 heteroatoms. The van der Waals surface area contributed by atoms with Crippen LogP contribution >= 0.6 is 0 Å². The minimum absolute atomic E-state index is 0.311.